The maximum atomic E-state index is 11.5. The standard InChI is InChI=1S/C15H16N2O2S.ClH/c18-20(19)9-8-13-10-14(6-7-15(13)17-20)16-11-12-4-2-1-3-5-12;/h1-7,10,16-17H,8-9,11H2;1H. The average Bonchev–Trinajstić information content (AvgIpc) is 2.45. The number of benzene rings is 2. The largest absolute Gasteiger partial charge is 0.381 e. The number of hydrogen-bond acceptors (Lipinski definition) is 3. The first-order valence-electron chi connectivity index (χ1n) is 6.54. The van der Waals surface area contributed by atoms with Crippen LogP contribution in [0.1, 0.15) is 11.1 Å². The molecule has 0 fully saturated rings. The Morgan fingerprint density at radius 3 is 2.62 bits per heavy atom. The van der Waals surface area contributed by atoms with Gasteiger partial charge in [-0.15, -0.1) is 12.4 Å². The summed E-state index contributed by atoms with van der Waals surface area (Å²) < 4.78 is 25.5. The van der Waals surface area contributed by atoms with Crippen molar-refractivity contribution >= 4 is 33.8 Å². The summed E-state index contributed by atoms with van der Waals surface area (Å²) in [6, 6.07) is 15.9. The Morgan fingerprint density at radius 2 is 1.86 bits per heavy atom. The number of rotatable bonds is 3. The number of fused-ring (bicyclic) bond motifs is 1. The third kappa shape index (κ3) is 3.89. The second kappa shape index (κ2) is 6.37. The van der Waals surface area contributed by atoms with Crippen molar-refractivity contribution in [3.8, 4) is 0 Å². The Bertz CT molecular complexity index is 718. The van der Waals surface area contributed by atoms with Gasteiger partial charge in [0.1, 0.15) is 0 Å². The Hall–Kier alpha value is -1.72. The number of halogens is 1. The lowest BCUT2D eigenvalue weighted by molar-refractivity contribution is 0.599. The van der Waals surface area contributed by atoms with Gasteiger partial charge in [-0.1, -0.05) is 30.3 Å². The van der Waals surface area contributed by atoms with Gasteiger partial charge in [0, 0.05) is 12.2 Å². The summed E-state index contributed by atoms with van der Waals surface area (Å²) >= 11 is 0. The second-order valence-corrected chi connectivity index (χ2v) is 6.72. The van der Waals surface area contributed by atoms with E-state index in [2.05, 4.69) is 22.2 Å². The van der Waals surface area contributed by atoms with Crippen LogP contribution in [0.25, 0.3) is 0 Å². The van der Waals surface area contributed by atoms with Crippen LogP contribution in [0.2, 0.25) is 0 Å². The van der Waals surface area contributed by atoms with Gasteiger partial charge in [-0.05, 0) is 35.7 Å². The molecule has 0 amide bonds. The zero-order chi connectivity index (χ0) is 14.0. The van der Waals surface area contributed by atoms with E-state index in [4.69, 9.17) is 0 Å². The molecule has 1 aliphatic heterocycles. The fourth-order valence-electron chi connectivity index (χ4n) is 2.27. The summed E-state index contributed by atoms with van der Waals surface area (Å²) in [6.07, 6.45) is 0.561. The molecule has 0 saturated carbocycles. The highest BCUT2D eigenvalue weighted by Gasteiger charge is 2.19. The van der Waals surface area contributed by atoms with Crippen LogP contribution >= 0.6 is 12.4 Å². The Kier molecular flexibility index (Phi) is 4.75. The van der Waals surface area contributed by atoms with E-state index in [1.54, 1.807) is 0 Å². The van der Waals surface area contributed by atoms with Crippen molar-refractivity contribution in [1.29, 1.82) is 0 Å². The summed E-state index contributed by atoms with van der Waals surface area (Å²) in [7, 11) is -3.13. The summed E-state index contributed by atoms with van der Waals surface area (Å²) in [5, 5.41) is 3.35. The van der Waals surface area contributed by atoms with Crippen molar-refractivity contribution in [2.45, 2.75) is 13.0 Å². The molecule has 0 spiro atoms. The molecule has 1 aliphatic rings. The lowest BCUT2D eigenvalue weighted by atomic mass is 10.1. The molecule has 4 nitrogen and oxygen atoms in total. The molecule has 0 saturated heterocycles. The molecule has 0 radical (unpaired) electrons. The number of hydrogen-bond donors (Lipinski definition) is 2. The van der Waals surface area contributed by atoms with E-state index in [-0.39, 0.29) is 18.2 Å². The first-order valence-corrected chi connectivity index (χ1v) is 8.19. The van der Waals surface area contributed by atoms with Crippen LogP contribution in [0, 0.1) is 0 Å². The van der Waals surface area contributed by atoms with Gasteiger partial charge in [0.05, 0.1) is 11.4 Å². The summed E-state index contributed by atoms with van der Waals surface area (Å²) in [6.45, 7) is 0.755. The highest BCUT2D eigenvalue weighted by molar-refractivity contribution is 7.92. The van der Waals surface area contributed by atoms with Crippen molar-refractivity contribution < 1.29 is 8.42 Å². The van der Waals surface area contributed by atoms with Crippen LogP contribution in [0.4, 0.5) is 11.4 Å². The average molecular weight is 325 g/mol. The van der Waals surface area contributed by atoms with Crippen LogP contribution in [0.5, 0.6) is 0 Å². The van der Waals surface area contributed by atoms with Crippen molar-refractivity contribution in [3.63, 3.8) is 0 Å². The van der Waals surface area contributed by atoms with E-state index in [9.17, 15) is 8.42 Å². The molecule has 21 heavy (non-hydrogen) atoms. The zero-order valence-corrected chi connectivity index (χ0v) is 13.0. The SMILES string of the molecule is Cl.O=S1(=O)CCc2cc(NCc3ccccc3)ccc2N1. The van der Waals surface area contributed by atoms with Gasteiger partial charge >= 0.3 is 0 Å². The van der Waals surface area contributed by atoms with E-state index < -0.39 is 10.0 Å². The van der Waals surface area contributed by atoms with Crippen molar-refractivity contribution in [2.24, 2.45) is 0 Å². The highest BCUT2D eigenvalue weighted by atomic mass is 35.5. The number of nitrogens with one attached hydrogen (secondary N) is 2. The van der Waals surface area contributed by atoms with Crippen LogP contribution in [0.3, 0.4) is 0 Å². The quantitative estimate of drug-likeness (QED) is 0.912. The van der Waals surface area contributed by atoms with Gasteiger partial charge in [-0.25, -0.2) is 8.42 Å². The van der Waals surface area contributed by atoms with Gasteiger partial charge in [-0.2, -0.15) is 0 Å². The van der Waals surface area contributed by atoms with Gasteiger partial charge in [0.2, 0.25) is 10.0 Å². The number of sulfonamides is 1. The fraction of sp³-hybridized carbons (Fsp3) is 0.200. The molecule has 6 heteroatoms. The third-order valence-corrected chi connectivity index (χ3v) is 4.62. The minimum absolute atomic E-state index is 0. The molecule has 0 aromatic heterocycles. The molecule has 0 aliphatic carbocycles. The van der Waals surface area contributed by atoms with Crippen LogP contribution in [-0.2, 0) is 23.0 Å². The fourth-order valence-corrected chi connectivity index (χ4v) is 3.40. The molecule has 2 aromatic rings. The van der Waals surface area contributed by atoms with Crippen molar-refractivity contribution in [2.75, 3.05) is 15.8 Å². The van der Waals surface area contributed by atoms with E-state index in [1.165, 1.54) is 5.56 Å². The Balaban J connectivity index is 0.00000161. The van der Waals surface area contributed by atoms with Gasteiger partial charge < -0.3 is 5.32 Å². The molecule has 1 heterocycles. The lowest BCUT2D eigenvalue weighted by Gasteiger charge is -2.19. The lowest BCUT2D eigenvalue weighted by Crippen LogP contribution is -2.24. The molecule has 3 rings (SSSR count). The maximum Gasteiger partial charge on any atom is 0.233 e. The van der Waals surface area contributed by atoms with Gasteiger partial charge in [0.15, 0.2) is 0 Å². The predicted octanol–water partition coefficient (Wildman–Crippen LogP) is 3.02. The first-order chi connectivity index (χ1) is 9.62. The van der Waals surface area contributed by atoms with E-state index in [1.807, 2.05) is 36.4 Å². The van der Waals surface area contributed by atoms with E-state index >= 15 is 0 Å². The normalized spacial score (nSPS) is 15.2. The second-order valence-electron chi connectivity index (χ2n) is 4.88. The summed E-state index contributed by atoms with van der Waals surface area (Å²) in [5.74, 6) is 0.155. The van der Waals surface area contributed by atoms with Crippen LogP contribution in [0.15, 0.2) is 48.5 Å². The third-order valence-electron chi connectivity index (χ3n) is 3.35. The van der Waals surface area contributed by atoms with E-state index in [0.717, 1.165) is 17.8 Å². The van der Waals surface area contributed by atoms with Gasteiger partial charge in [-0.3, -0.25) is 4.72 Å². The molecule has 0 bridgehead atoms. The van der Waals surface area contributed by atoms with Crippen molar-refractivity contribution in [1.82, 2.24) is 0 Å². The van der Waals surface area contributed by atoms with Gasteiger partial charge in [0.25, 0.3) is 0 Å². The maximum absolute atomic E-state index is 11.5. The monoisotopic (exact) mass is 324 g/mol. The predicted molar refractivity (Wildman–Crippen MR) is 88.6 cm³/mol. The zero-order valence-electron chi connectivity index (χ0n) is 11.4. The molecule has 0 atom stereocenters. The van der Waals surface area contributed by atoms with Crippen LogP contribution < -0.4 is 10.0 Å². The minimum atomic E-state index is -3.13. The molecule has 112 valence electrons. The van der Waals surface area contributed by atoms with Crippen molar-refractivity contribution in [3.05, 3.63) is 59.7 Å². The minimum Gasteiger partial charge on any atom is -0.381 e. The molecular weight excluding hydrogens is 308 g/mol. The number of aryl methyl sites for hydroxylation is 1. The number of anilines is 2. The molecule has 2 aromatic carbocycles. The van der Waals surface area contributed by atoms with Crippen LogP contribution in [-0.4, -0.2) is 14.2 Å². The highest BCUT2D eigenvalue weighted by Crippen LogP contribution is 2.26. The molecule has 0 unspecified atom stereocenters. The molecular formula is C15H17ClN2O2S. The van der Waals surface area contributed by atoms with E-state index in [0.29, 0.717) is 12.1 Å². The summed E-state index contributed by atoms with van der Waals surface area (Å²) in [4.78, 5) is 0. The topological polar surface area (TPSA) is 58.2 Å². The Morgan fingerprint density at radius 1 is 1.10 bits per heavy atom. The molecule has 2 N–H and O–H groups in total. The Labute approximate surface area is 131 Å². The first kappa shape index (κ1) is 15.7. The smallest absolute Gasteiger partial charge is 0.233 e. The summed E-state index contributed by atoms with van der Waals surface area (Å²) in [5.41, 5.74) is 3.96.